The van der Waals surface area contributed by atoms with Crippen LogP contribution >= 0.6 is 0 Å². The van der Waals surface area contributed by atoms with Gasteiger partial charge in [-0.3, -0.25) is 9.69 Å². The molecule has 1 N–H and O–H groups in total. The molecule has 0 bridgehead atoms. The van der Waals surface area contributed by atoms with E-state index < -0.39 is 0 Å². The molecule has 0 aliphatic carbocycles. The molecule has 2 heterocycles. The number of hydrogen-bond acceptors (Lipinski definition) is 8. The summed E-state index contributed by atoms with van der Waals surface area (Å²) in [7, 11) is 3.75. The summed E-state index contributed by atoms with van der Waals surface area (Å²) >= 11 is 0. The summed E-state index contributed by atoms with van der Waals surface area (Å²) in [6.45, 7) is 1.14. The van der Waals surface area contributed by atoms with Crippen molar-refractivity contribution in [3.8, 4) is 11.5 Å². The molecule has 9 nitrogen and oxygen atoms in total. The van der Waals surface area contributed by atoms with E-state index in [-0.39, 0.29) is 0 Å². The molecule has 4 aromatic carbocycles. The van der Waals surface area contributed by atoms with E-state index in [1.165, 1.54) is 11.2 Å². The third-order valence-corrected chi connectivity index (χ3v) is 7.64. The predicted octanol–water partition coefficient (Wildman–Crippen LogP) is 7.97. The number of para-hydroxylation sites is 1. The van der Waals surface area contributed by atoms with Crippen LogP contribution in [0.5, 0.6) is 11.5 Å². The molecule has 0 radical (unpaired) electrons. The molecule has 0 atom stereocenters. The van der Waals surface area contributed by atoms with Gasteiger partial charge in [-0.1, -0.05) is 84.9 Å². The highest BCUT2D eigenvalue weighted by Crippen LogP contribution is 2.41. The van der Waals surface area contributed by atoms with Crippen LogP contribution in [0.2, 0.25) is 0 Å². The van der Waals surface area contributed by atoms with Crippen LogP contribution in [0, 0.1) is 0 Å². The number of benzene rings is 4. The Morgan fingerprint density at radius 1 is 0.702 bits per heavy atom. The number of anilines is 6. The zero-order valence-electron chi connectivity index (χ0n) is 26.3. The van der Waals surface area contributed by atoms with E-state index in [0.717, 1.165) is 29.0 Å². The molecule has 2 aromatic heterocycles. The Bertz CT molecular complexity index is 1850. The van der Waals surface area contributed by atoms with E-state index in [9.17, 15) is 4.79 Å². The maximum Gasteiger partial charge on any atom is 0.219 e. The monoisotopic (exact) mass is 621 g/mol. The number of nitrogens with one attached hydrogen (secondary N) is 1. The third kappa shape index (κ3) is 7.37. The van der Waals surface area contributed by atoms with Gasteiger partial charge in [-0.05, 0) is 53.6 Å². The Morgan fingerprint density at radius 3 is 1.94 bits per heavy atom. The second-order valence-corrected chi connectivity index (χ2v) is 10.8. The van der Waals surface area contributed by atoms with Crippen molar-refractivity contribution in [1.29, 1.82) is 0 Å². The molecule has 6 aromatic rings. The summed E-state index contributed by atoms with van der Waals surface area (Å²) in [6.07, 6.45) is 3.97. The minimum Gasteiger partial charge on any atom is -0.456 e. The van der Waals surface area contributed by atoms with Gasteiger partial charge in [0.25, 0.3) is 0 Å². The van der Waals surface area contributed by atoms with Crippen molar-refractivity contribution in [3.05, 3.63) is 151 Å². The van der Waals surface area contributed by atoms with Gasteiger partial charge in [0, 0.05) is 32.9 Å². The number of aromatic nitrogens is 3. The van der Waals surface area contributed by atoms with Crippen molar-refractivity contribution in [3.63, 3.8) is 0 Å². The van der Waals surface area contributed by atoms with Crippen molar-refractivity contribution in [2.75, 3.05) is 34.1 Å². The first kappa shape index (κ1) is 30.8. The molecule has 1 amide bonds. The minimum absolute atomic E-state index is 0.415. The number of carbonyl (C=O) groups excluding carboxylic acids is 1. The van der Waals surface area contributed by atoms with Crippen molar-refractivity contribution < 1.29 is 9.53 Å². The zero-order valence-corrected chi connectivity index (χ0v) is 26.3. The first-order valence-corrected chi connectivity index (χ1v) is 15.3. The van der Waals surface area contributed by atoms with Gasteiger partial charge >= 0.3 is 0 Å². The maximum absolute atomic E-state index is 12.9. The van der Waals surface area contributed by atoms with Crippen LogP contribution in [0.1, 0.15) is 11.1 Å². The number of amides is 1. The van der Waals surface area contributed by atoms with Crippen LogP contribution in [0.4, 0.5) is 34.5 Å². The Balaban J connectivity index is 1.47. The van der Waals surface area contributed by atoms with Gasteiger partial charge in [-0.25, -0.2) is 15.0 Å². The lowest BCUT2D eigenvalue weighted by Gasteiger charge is -2.32. The molecule has 0 fully saturated rings. The molecule has 9 heteroatoms. The molecule has 0 saturated heterocycles. The van der Waals surface area contributed by atoms with E-state index in [0.29, 0.717) is 47.7 Å². The maximum atomic E-state index is 12.9. The summed E-state index contributed by atoms with van der Waals surface area (Å²) in [5.74, 6) is 3.01. The second kappa shape index (κ2) is 14.7. The molecule has 0 aliphatic heterocycles. The van der Waals surface area contributed by atoms with Crippen LogP contribution < -0.4 is 24.8 Å². The van der Waals surface area contributed by atoms with E-state index in [4.69, 9.17) is 19.7 Å². The largest absolute Gasteiger partial charge is 0.456 e. The smallest absolute Gasteiger partial charge is 0.219 e. The van der Waals surface area contributed by atoms with Crippen molar-refractivity contribution in [2.45, 2.75) is 13.1 Å². The molecule has 0 spiro atoms. The molecular weight excluding hydrogens is 586 g/mol. The SMILES string of the molecule is CNc1cccc(N(C=O)c2ncnc(N(Cc3ccccc3)Cc3ccccc3)c2N(C)c2ccc(Oc3ccccc3)cn2)c1. The lowest BCUT2D eigenvalue weighted by molar-refractivity contribution is -0.106. The fourth-order valence-corrected chi connectivity index (χ4v) is 5.30. The lowest BCUT2D eigenvalue weighted by Crippen LogP contribution is -2.28. The van der Waals surface area contributed by atoms with Crippen molar-refractivity contribution in [2.24, 2.45) is 0 Å². The molecule has 234 valence electrons. The highest BCUT2D eigenvalue weighted by Gasteiger charge is 2.27. The summed E-state index contributed by atoms with van der Waals surface area (Å²) in [5.41, 5.74) is 4.37. The summed E-state index contributed by atoms with van der Waals surface area (Å²) < 4.78 is 6.00. The normalized spacial score (nSPS) is 10.6. The molecule has 0 unspecified atom stereocenters. The number of ether oxygens (including phenoxy) is 1. The van der Waals surface area contributed by atoms with E-state index in [1.807, 2.05) is 122 Å². The number of rotatable bonds is 13. The van der Waals surface area contributed by atoms with Gasteiger partial charge in [-0.15, -0.1) is 0 Å². The molecule has 0 saturated carbocycles. The fourth-order valence-electron chi connectivity index (χ4n) is 5.30. The van der Waals surface area contributed by atoms with E-state index >= 15 is 0 Å². The first-order chi connectivity index (χ1) is 23.1. The van der Waals surface area contributed by atoms with Gasteiger partial charge < -0.3 is 19.9 Å². The molecular formula is C38H35N7O2. The standard InChI is InChI=1S/C38H35N7O2/c1-39-31-17-12-18-32(23-31)45(28-46)38-36(43(2)35-22-21-34(24-40-35)47-33-19-10-5-11-20-33)37(41-27-42-38)44(25-29-13-6-3-7-14-29)26-30-15-8-4-9-16-30/h3-24,27-28,39H,25-26H2,1-2H3. The van der Waals surface area contributed by atoms with Crippen LogP contribution in [0.15, 0.2) is 140 Å². The molecule has 47 heavy (non-hydrogen) atoms. The number of carbonyl (C=O) groups is 1. The average Bonchev–Trinajstić information content (AvgIpc) is 3.13. The average molecular weight is 622 g/mol. The number of pyridine rings is 1. The number of hydrogen-bond donors (Lipinski definition) is 1. The molecule has 6 rings (SSSR count). The van der Waals surface area contributed by atoms with Crippen molar-refractivity contribution >= 4 is 40.9 Å². The van der Waals surface area contributed by atoms with E-state index in [1.54, 1.807) is 6.20 Å². The van der Waals surface area contributed by atoms with Gasteiger partial charge in [-0.2, -0.15) is 0 Å². The quantitative estimate of drug-likeness (QED) is 0.130. The Kier molecular flexibility index (Phi) is 9.63. The minimum atomic E-state index is 0.415. The third-order valence-electron chi connectivity index (χ3n) is 7.64. The van der Waals surface area contributed by atoms with Crippen molar-refractivity contribution in [1.82, 2.24) is 15.0 Å². The van der Waals surface area contributed by atoms with Gasteiger partial charge in [0.15, 0.2) is 11.6 Å². The lowest BCUT2D eigenvalue weighted by atomic mass is 10.1. The topological polar surface area (TPSA) is 86.7 Å². The van der Waals surface area contributed by atoms with Crippen LogP contribution in [0.25, 0.3) is 0 Å². The summed E-state index contributed by atoms with van der Waals surface area (Å²) in [6, 6.07) is 41.4. The highest BCUT2D eigenvalue weighted by atomic mass is 16.5. The van der Waals surface area contributed by atoms with Crippen LogP contribution in [-0.4, -0.2) is 35.5 Å². The first-order valence-electron chi connectivity index (χ1n) is 15.3. The Labute approximate surface area is 274 Å². The fraction of sp³-hybridized carbons (Fsp3) is 0.105. The Hall–Kier alpha value is -6.22. The second-order valence-electron chi connectivity index (χ2n) is 10.8. The molecule has 0 aliphatic rings. The zero-order chi connectivity index (χ0) is 32.4. The summed E-state index contributed by atoms with van der Waals surface area (Å²) in [4.78, 5) is 32.8. The van der Waals surface area contributed by atoms with Gasteiger partial charge in [0.1, 0.15) is 29.3 Å². The summed E-state index contributed by atoms with van der Waals surface area (Å²) in [5, 5.41) is 3.15. The highest BCUT2D eigenvalue weighted by molar-refractivity contribution is 5.95. The van der Waals surface area contributed by atoms with Gasteiger partial charge in [0.05, 0.1) is 11.9 Å². The van der Waals surface area contributed by atoms with Crippen LogP contribution in [0.3, 0.4) is 0 Å². The number of nitrogens with zero attached hydrogens (tertiary/aromatic N) is 6. The van der Waals surface area contributed by atoms with Gasteiger partial charge in [0.2, 0.25) is 6.41 Å². The van der Waals surface area contributed by atoms with E-state index in [2.05, 4.69) is 34.5 Å². The van der Waals surface area contributed by atoms with Crippen LogP contribution in [-0.2, 0) is 17.9 Å². The predicted molar refractivity (Wildman–Crippen MR) is 188 cm³/mol. The Morgan fingerprint density at radius 2 is 1.34 bits per heavy atom.